The smallest absolute Gasteiger partial charge is 0.271 e. The number of rotatable bonds is 3. The fourth-order valence-electron chi connectivity index (χ4n) is 3.79. The van der Waals surface area contributed by atoms with Crippen molar-refractivity contribution in [1.82, 2.24) is 15.3 Å². The van der Waals surface area contributed by atoms with Crippen molar-refractivity contribution >= 4 is 11.7 Å². The quantitative estimate of drug-likeness (QED) is 0.904. The van der Waals surface area contributed by atoms with Crippen molar-refractivity contribution in [3.05, 3.63) is 18.1 Å². The highest BCUT2D eigenvalue weighted by atomic mass is 16.7. The largest absolute Gasteiger partial charge is 0.355 e. The van der Waals surface area contributed by atoms with Crippen LogP contribution >= 0.6 is 0 Å². The number of anilines is 1. The van der Waals surface area contributed by atoms with Gasteiger partial charge in [-0.25, -0.2) is 9.97 Å². The zero-order chi connectivity index (χ0) is 16.4. The Labute approximate surface area is 141 Å². The third kappa shape index (κ3) is 3.23. The summed E-state index contributed by atoms with van der Waals surface area (Å²) in [7, 11) is 0. The molecule has 0 radical (unpaired) electrons. The van der Waals surface area contributed by atoms with E-state index in [1.807, 2.05) is 0 Å². The summed E-state index contributed by atoms with van der Waals surface area (Å²) in [6.45, 7) is 3.01. The number of carbonyl (C=O) groups is 1. The van der Waals surface area contributed by atoms with Gasteiger partial charge in [0.25, 0.3) is 5.91 Å². The highest BCUT2D eigenvalue weighted by Gasteiger charge is 2.40. The van der Waals surface area contributed by atoms with Gasteiger partial charge in [-0.3, -0.25) is 4.79 Å². The van der Waals surface area contributed by atoms with Crippen molar-refractivity contribution in [3.8, 4) is 0 Å². The van der Waals surface area contributed by atoms with Gasteiger partial charge >= 0.3 is 0 Å². The highest BCUT2D eigenvalue weighted by molar-refractivity contribution is 5.92. The van der Waals surface area contributed by atoms with E-state index in [0.29, 0.717) is 24.9 Å². The summed E-state index contributed by atoms with van der Waals surface area (Å²) in [5.74, 6) is 0.303. The van der Waals surface area contributed by atoms with Gasteiger partial charge in [0.15, 0.2) is 5.79 Å². The monoisotopic (exact) mass is 332 g/mol. The molecule has 2 saturated heterocycles. The fraction of sp³-hybridized carbons (Fsp3) is 0.706. The Kier molecular flexibility index (Phi) is 4.37. The number of nitrogens with one attached hydrogen (secondary N) is 1. The predicted octanol–water partition coefficient (Wildman–Crippen LogP) is 1.49. The molecule has 0 bridgehead atoms. The first-order valence-electron chi connectivity index (χ1n) is 8.90. The number of ether oxygens (including phenoxy) is 2. The van der Waals surface area contributed by atoms with Gasteiger partial charge in [-0.1, -0.05) is 12.8 Å². The Morgan fingerprint density at radius 3 is 2.46 bits per heavy atom. The Hall–Kier alpha value is -1.73. The van der Waals surface area contributed by atoms with Gasteiger partial charge in [0.05, 0.1) is 25.6 Å². The van der Waals surface area contributed by atoms with Gasteiger partial charge in [0.1, 0.15) is 11.5 Å². The second-order valence-electron chi connectivity index (χ2n) is 6.81. The van der Waals surface area contributed by atoms with E-state index in [1.165, 1.54) is 12.8 Å². The molecule has 7 heteroatoms. The molecule has 3 aliphatic rings. The SMILES string of the molecule is O=C(NC1CCCC1)c1cnc(N2CCC3(CC2)OCCO3)cn1. The van der Waals surface area contributed by atoms with Crippen LogP contribution in [0, 0.1) is 0 Å². The minimum Gasteiger partial charge on any atom is -0.355 e. The topological polar surface area (TPSA) is 76.6 Å². The summed E-state index contributed by atoms with van der Waals surface area (Å²) in [5.41, 5.74) is 0.390. The molecule has 0 unspecified atom stereocenters. The summed E-state index contributed by atoms with van der Waals surface area (Å²) < 4.78 is 11.5. The van der Waals surface area contributed by atoms with Crippen LogP contribution in [0.1, 0.15) is 49.0 Å². The maximum Gasteiger partial charge on any atom is 0.271 e. The van der Waals surface area contributed by atoms with Gasteiger partial charge in [-0.05, 0) is 12.8 Å². The van der Waals surface area contributed by atoms with Crippen LogP contribution in [-0.4, -0.2) is 54.0 Å². The van der Waals surface area contributed by atoms with E-state index in [4.69, 9.17) is 9.47 Å². The van der Waals surface area contributed by atoms with Crippen LogP contribution in [0.15, 0.2) is 12.4 Å². The van der Waals surface area contributed by atoms with Crippen molar-refractivity contribution in [2.75, 3.05) is 31.2 Å². The number of piperidine rings is 1. The molecule has 2 aliphatic heterocycles. The third-order valence-corrected chi connectivity index (χ3v) is 5.22. The van der Waals surface area contributed by atoms with E-state index in [-0.39, 0.29) is 11.7 Å². The Morgan fingerprint density at radius 1 is 1.12 bits per heavy atom. The van der Waals surface area contributed by atoms with Crippen molar-refractivity contribution in [1.29, 1.82) is 0 Å². The predicted molar refractivity (Wildman–Crippen MR) is 87.8 cm³/mol. The number of hydrogen-bond acceptors (Lipinski definition) is 6. The number of hydrogen-bond donors (Lipinski definition) is 1. The van der Waals surface area contributed by atoms with Crippen LogP contribution in [-0.2, 0) is 9.47 Å². The van der Waals surface area contributed by atoms with E-state index in [1.54, 1.807) is 12.4 Å². The van der Waals surface area contributed by atoms with Crippen molar-refractivity contribution < 1.29 is 14.3 Å². The summed E-state index contributed by atoms with van der Waals surface area (Å²) >= 11 is 0. The average molecular weight is 332 g/mol. The minimum atomic E-state index is -0.384. The molecule has 130 valence electrons. The van der Waals surface area contributed by atoms with E-state index in [2.05, 4.69) is 20.2 Å². The van der Waals surface area contributed by atoms with Crippen LogP contribution in [0.2, 0.25) is 0 Å². The fourth-order valence-corrected chi connectivity index (χ4v) is 3.79. The van der Waals surface area contributed by atoms with Crippen molar-refractivity contribution in [2.24, 2.45) is 0 Å². The van der Waals surface area contributed by atoms with E-state index in [9.17, 15) is 4.79 Å². The molecular weight excluding hydrogens is 308 g/mol. The van der Waals surface area contributed by atoms with Gasteiger partial charge in [-0.2, -0.15) is 0 Å². The number of aromatic nitrogens is 2. The van der Waals surface area contributed by atoms with Crippen LogP contribution in [0.3, 0.4) is 0 Å². The maximum absolute atomic E-state index is 12.2. The van der Waals surface area contributed by atoms with Gasteiger partial charge < -0.3 is 19.7 Å². The highest BCUT2D eigenvalue weighted by Crippen LogP contribution is 2.32. The van der Waals surface area contributed by atoms with Crippen molar-refractivity contribution in [3.63, 3.8) is 0 Å². The molecule has 1 aliphatic carbocycles. The Bertz CT molecular complexity index is 570. The second kappa shape index (κ2) is 6.64. The molecular formula is C17H24N4O3. The molecule has 1 N–H and O–H groups in total. The van der Waals surface area contributed by atoms with Crippen LogP contribution in [0.25, 0.3) is 0 Å². The molecule has 0 atom stereocenters. The molecule has 24 heavy (non-hydrogen) atoms. The first-order valence-corrected chi connectivity index (χ1v) is 8.90. The maximum atomic E-state index is 12.2. The molecule has 1 amide bonds. The van der Waals surface area contributed by atoms with E-state index in [0.717, 1.165) is 44.6 Å². The summed E-state index contributed by atoms with van der Waals surface area (Å²) in [4.78, 5) is 23.1. The lowest BCUT2D eigenvalue weighted by Gasteiger charge is -2.37. The average Bonchev–Trinajstić information content (AvgIpc) is 3.28. The molecule has 7 nitrogen and oxygen atoms in total. The molecule has 1 saturated carbocycles. The van der Waals surface area contributed by atoms with E-state index >= 15 is 0 Å². The van der Waals surface area contributed by atoms with Crippen LogP contribution in [0.5, 0.6) is 0 Å². The minimum absolute atomic E-state index is 0.119. The number of nitrogens with zero attached hydrogens (tertiary/aromatic N) is 3. The Morgan fingerprint density at radius 2 is 1.83 bits per heavy atom. The second-order valence-corrected chi connectivity index (χ2v) is 6.81. The van der Waals surface area contributed by atoms with Gasteiger partial charge in [0, 0.05) is 32.0 Å². The molecule has 1 spiro atoms. The third-order valence-electron chi connectivity index (χ3n) is 5.22. The van der Waals surface area contributed by atoms with Gasteiger partial charge in [-0.15, -0.1) is 0 Å². The normalized spacial score (nSPS) is 23.8. The first-order chi connectivity index (χ1) is 11.7. The standard InChI is InChI=1S/C17H24N4O3/c22-16(20-13-3-1-2-4-13)14-11-19-15(12-18-14)21-7-5-17(6-8-21)23-9-10-24-17/h11-13H,1-10H2,(H,20,22). The molecule has 3 fully saturated rings. The molecule has 3 heterocycles. The molecule has 4 rings (SSSR count). The number of carbonyl (C=O) groups excluding carboxylic acids is 1. The zero-order valence-electron chi connectivity index (χ0n) is 13.9. The lowest BCUT2D eigenvalue weighted by atomic mass is 10.0. The first kappa shape index (κ1) is 15.8. The lowest BCUT2D eigenvalue weighted by molar-refractivity contribution is -0.169. The molecule has 1 aromatic rings. The zero-order valence-corrected chi connectivity index (χ0v) is 13.9. The Balaban J connectivity index is 1.34. The van der Waals surface area contributed by atoms with Crippen LogP contribution in [0.4, 0.5) is 5.82 Å². The number of amides is 1. The molecule has 0 aromatic carbocycles. The lowest BCUT2D eigenvalue weighted by Crippen LogP contribution is -2.45. The summed E-state index contributed by atoms with van der Waals surface area (Å²) in [6, 6.07) is 0.295. The van der Waals surface area contributed by atoms with Gasteiger partial charge in [0.2, 0.25) is 0 Å². The van der Waals surface area contributed by atoms with E-state index < -0.39 is 0 Å². The van der Waals surface area contributed by atoms with Crippen molar-refractivity contribution in [2.45, 2.75) is 50.4 Å². The molecule has 1 aromatic heterocycles. The summed E-state index contributed by atoms with van der Waals surface area (Å²) in [5, 5.41) is 3.04. The van der Waals surface area contributed by atoms with Crippen LogP contribution < -0.4 is 10.2 Å². The summed E-state index contributed by atoms with van der Waals surface area (Å²) in [6.07, 6.45) is 9.45.